The maximum atomic E-state index is 6.21. The molecule has 2 nitrogen and oxygen atoms in total. The van der Waals surface area contributed by atoms with Gasteiger partial charge in [0.15, 0.2) is 0 Å². The van der Waals surface area contributed by atoms with Gasteiger partial charge in [0.25, 0.3) is 0 Å². The molecule has 1 N–H and O–H groups in total. The molecule has 0 amide bonds. The van der Waals surface area contributed by atoms with Crippen LogP contribution in [-0.2, 0) is 12.0 Å². The molecule has 0 fully saturated rings. The fraction of sp³-hybridized carbons (Fsp3) is 0.400. The molecule has 0 unspecified atom stereocenters. The van der Waals surface area contributed by atoms with Crippen LogP contribution in [0.25, 0.3) is 0 Å². The Balaban J connectivity index is 2.09. The molecule has 2 rings (SSSR count). The predicted octanol–water partition coefficient (Wildman–Crippen LogP) is 5.67. The molecule has 1 heterocycles. The number of halogens is 2. The number of rotatable bonds is 3. The van der Waals surface area contributed by atoms with Crippen LogP contribution in [0.3, 0.4) is 0 Å². The average Bonchev–Trinajstić information content (AvgIpc) is 2.80. The number of hydrogen-bond donors (Lipinski definition) is 1. The normalized spacial score (nSPS) is 11.7. The van der Waals surface area contributed by atoms with Gasteiger partial charge in [-0.2, -0.15) is 0 Å². The molecule has 0 aliphatic rings. The quantitative estimate of drug-likeness (QED) is 0.785. The number of thiazole rings is 1. The zero-order valence-corrected chi connectivity index (χ0v) is 14.4. The summed E-state index contributed by atoms with van der Waals surface area (Å²) in [4.78, 5) is 4.65. The van der Waals surface area contributed by atoms with Crippen molar-refractivity contribution in [2.45, 2.75) is 39.7 Å². The fourth-order valence-electron chi connectivity index (χ4n) is 1.69. The largest absolute Gasteiger partial charge is 0.377 e. The van der Waals surface area contributed by atoms with Crippen molar-refractivity contribution >= 4 is 40.2 Å². The van der Waals surface area contributed by atoms with Crippen molar-refractivity contribution in [2.75, 3.05) is 5.32 Å². The molecular weight excluding hydrogens is 311 g/mol. The second-order valence-electron chi connectivity index (χ2n) is 5.81. The maximum Gasteiger partial charge on any atom is 0.112 e. The molecule has 1 aromatic heterocycles. The molecule has 5 heteroatoms. The predicted molar refractivity (Wildman–Crippen MR) is 89.3 cm³/mol. The summed E-state index contributed by atoms with van der Waals surface area (Å²) in [6, 6.07) is 3.73. The van der Waals surface area contributed by atoms with E-state index in [0.29, 0.717) is 16.6 Å². The fourth-order valence-corrected chi connectivity index (χ4v) is 3.10. The summed E-state index contributed by atoms with van der Waals surface area (Å²) >= 11 is 14.0. The lowest BCUT2D eigenvalue weighted by atomic mass is 9.93. The van der Waals surface area contributed by atoms with Gasteiger partial charge in [0.2, 0.25) is 0 Å². The molecule has 0 spiro atoms. The Morgan fingerprint density at radius 1 is 1.20 bits per heavy atom. The number of aryl methyl sites for hydroxylation is 1. The third kappa shape index (κ3) is 3.66. The minimum Gasteiger partial charge on any atom is -0.377 e. The highest BCUT2D eigenvalue weighted by Crippen LogP contribution is 2.30. The van der Waals surface area contributed by atoms with Gasteiger partial charge in [-0.25, -0.2) is 4.98 Å². The van der Waals surface area contributed by atoms with Crippen LogP contribution >= 0.6 is 34.5 Å². The summed E-state index contributed by atoms with van der Waals surface area (Å²) in [5.74, 6) is 0. The number of nitrogens with one attached hydrogen (secondary N) is 1. The second kappa shape index (κ2) is 5.92. The number of aromatic nitrogens is 1. The van der Waals surface area contributed by atoms with Gasteiger partial charge < -0.3 is 5.32 Å². The first-order valence-corrected chi connectivity index (χ1v) is 8.05. The molecule has 1 aromatic carbocycles. The van der Waals surface area contributed by atoms with E-state index < -0.39 is 0 Å². The number of anilines is 1. The van der Waals surface area contributed by atoms with Gasteiger partial charge >= 0.3 is 0 Å². The van der Waals surface area contributed by atoms with Crippen LogP contribution in [0.4, 0.5) is 5.69 Å². The zero-order valence-electron chi connectivity index (χ0n) is 12.1. The van der Waals surface area contributed by atoms with Crippen molar-refractivity contribution in [1.29, 1.82) is 0 Å². The highest BCUT2D eigenvalue weighted by molar-refractivity contribution is 7.09. The molecule has 0 aliphatic heterocycles. The molecule has 2 aromatic rings. The van der Waals surface area contributed by atoms with Crippen LogP contribution in [0.5, 0.6) is 0 Å². The van der Waals surface area contributed by atoms with Crippen molar-refractivity contribution in [1.82, 2.24) is 4.98 Å². The van der Waals surface area contributed by atoms with Crippen molar-refractivity contribution in [3.8, 4) is 0 Å². The Labute approximate surface area is 134 Å². The Bertz CT molecular complexity index is 615. The summed E-state index contributed by atoms with van der Waals surface area (Å²) in [5.41, 5.74) is 3.02. The second-order valence-corrected chi connectivity index (χ2v) is 7.57. The van der Waals surface area contributed by atoms with E-state index in [1.165, 1.54) is 0 Å². The van der Waals surface area contributed by atoms with E-state index in [-0.39, 0.29) is 5.41 Å². The average molecular weight is 329 g/mol. The molecule has 0 saturated carbocycles. The van der Waals surface area contributed by atoms with Crippen LogP contribution in [0.1, 0.15) is 37.0 Å². The summed E-state index contributed by atoms with van der Waals surface area (Å²) in [6.07, 6.45) is 0. The Kier molecular flexibility index (Phi) is 4.62. The van der Waals surface area contributed by atoms with Gasteiger partial charge in [0.05, 0.1) is 22.9 Å². The molecule has 0 radical (unpaired) electrons. The van der Waals surface area contributed by atoms with Crippen molar-refractivity contribution in [3.05, 3.63) is 43.8 Å². The summed E-state index contributed by atoms with van der Waals surface area (Å²) < 4.78 is 0. The van der Waals surface area contributed by atoms with Crippen LogP contribution in [-0.4, -0.2) is 4.98 Å². The Hall–Kier alpha value is -0.770. The van der Waals surface area contributed by atoms with E-state index in [1.54, 1.807) is 11.3 Å². The lowest BCUT2D eigenvalue weighted by Gasteiger charge is -2.14. The molecule has 108 valence electrons. The zero-order chi connectivity index (χ0) is 14.9. The van der Waals surface area contributed by atoms with E-state index in [1.807, 2.05) is 19.1 Å². The van der Waals surface area contributed by atoms with E-state index in [9.17, 15) is 0 Å². The van der Waals surface area contributed by atoms with Gasteiger partial charge in [-0.15, -0.1) is 11.3 Å². The number of nitrogens with zero attached hydrogens (tertiary/aromatic N) is 1. The van der Waals surface area contributed by atoms with Gasteiger partial charge in [0.1, 0.15) is 5.01 Å². The third-order valence-electron chi connectivity index (χ3n) is 3.00. The Morgan fingerprint density at radius 2 is 1.90 bits per heavy atom. The van der Waals surface area contributed by atoms with Crippen molar-refractivity contribution in [3.63, 3.8) is 0 Å². The molecule has 0 atom stereocenters. The van der Waals surface area contributed by atoms with Crippen LogP contribution in [0.15, 0.2) is 17.5 Å². The van der Waals surface area contributed by atoms with Crippen LogP contribution in [0, 0.1) is 6.92 Å². The van der Waals surface area contributed by atoms with Gasteiger partial charge in [-0.3, -0.25) is 0 Å². The van der Waals surface area contributed by atoms with Crippen molar-refractivity contribution in [2.24, 2.45) is 0 Å². The molecule has 20 heavy (non-hydrogen) atoms. The van der Waals surface area contributed by atoms with Crippen LogP contribution in [0.2, 0.25) is 10.0 Å². The number of benzene rings is 1. The van der Waals surface area contributed by atoms with E-state index in [0.717, 1.165) is 22.0 Å². The maximum absolute atomic E-state index is 6.21. The monoisotopic (exact) mass is 328 g/mol. The molecule has 0 aliphatic carbocycles. The minimum atomic E-state index is 0.0829. The highest BCUT2D eigenvalue weighted by Gasteiger charge is 2.17. The lowest BCUT2D eigenvalue weighted by Crippen LogP contribution is -2.12. The third-order valence-corrected chi connectivity index (χ3v) is 4.57. The summed E-state index contributed by atoms with van der Waals surface area (Å²) in [6.45, 7) is 9.08. The summed E-state index contributed by atoms with van der Waals surface area (Å²) in [7, 11) is 0. The van der Waals surface area contributed by atoms with E-state index >= 15 is 0 Å². The molecule has 0 bridgehead atoms. The van der Waals surface area contributed by atoms with Crippen LogP contribution < -0.4 is 5.32 Å². The lowest BCUT2D eigenvalue weighted by molar-refractivity contribution is 0.571. The molecular formula is C15H18Cl2N2S. The van der Waals surface area contributed by atoms with Gasteiger partial charge in [-0.1, -0.05) is 44.0 Å². The van der Waals surface area contributed by atoms with Crippen molar-refractivity contribution < 1.29 is 0 Å². The first kappa shape index (κ1) is 15.6. The van der Waals surface area contributed by atoms with E-state index in [4.69, 9.17) is 23.2 Å². The molecule has 0 saturated heterocycles. The SMILES string of the molecule is Cc1cc(Cl)c(NCc2nc(C(C)(C)C)cs2)cc1Cl. The standard InChI is InChI=1S/C15H18Cl2N2S/c1-9-5-11(17)12(6-10(9)16)18-7-14-19-13(8-20-14)15(2,3)4/h5-6,8,18H,7H2,1-4H3. The first-order chi connectivity index (χ1) is 9.27. The smallest absolute Gasteiger partial charge is 0.112 e. The number of hydrogen-bond acceptors (Lipinski definition) is 3. The van der Waals surface area contributed by atoms with Gasteiger partial charge in [-0.05, 0) is 24.6 Å². The topological polar surface area (TPSA) is 24.9 Å². The Morgan fingerprint density at radius 3 is 2.50 bits per heavy atom. The van der Waals surface area contributed by atoms with Gasteiger partial charge in [0, 0.05) is 15.8 Å². The highest BCUT2D eigenvalue weighted by atomic mass is 35.5. The summed E-state index contributed by atoms with van der Waals surface area (Å²) in [5, 5.41) is 7.84. The van der Waals surface area contributed by atoms with E-state index in [2.05, 4.69) is 36.5 Å². The minimum absolute atomic E-state index is 0.0829. The first-order valence-electron chi connectivity index (χ1n) is 6.42.